The normalized spacial score (nSPS) is 13.7. The molecule has 2 aliphatic rings. The number of para-hydroxylation sites is 2. The van der Waals surface area contributed by atoms with Gasteiger partial charge in [-0.15, -0.1) is 0 Å². The van der Waals surface area contributed by atoms with Crippen molar-refractivity contribution in [3.05, 3.63) is 89.2 Å². The third-order valence-corrected chi connectivity index (χ3v) is 6.20. The second kappa shape index (κ2) is 9.99. The van der Waals surface area contributed by atoms with Gasteiger partial charge in [-0.05, 0) is 48.2 Å². The molecule has 0 unspecified atom stereocenters. The second-order valence-corrected chi connectivity index (χ2v) is 8.41. The minimum Gasteiger partial charge on any atom is -0.451 e. The van der Waals surface area contributed by atoms with E-state index in [4.69, 9.17) is 9.47 Å². The molecular weight excluding hydrogens is 462 g/mol. The van der Waals surface area contributed by atoms with E-state index in [-0.39, 0.29) is 23.2 Å². The van der Waals surface area contributed by atoms with Crippen LogP contribution in [0.15, 0.2) is 66.7 Å². The van der Waals surface area contributed by atoms with Crippen molar-refractivity contribution in [3.63, 3.8) is 0 Å². The Bertz CT molecular complexity index is 1260. The quantitative estimate of drug-likeness (QED) is 0.494. The van der Waals surface area contributed by atoms with Gasteiger partial charge in [-0.1, -0.05) is 42.5 Å². The smallest absolute Gasteiger partial charge is 0.357 e. The van der Waals surface area contributed by atoms with Crippen molar-refractivity contribution in [2.75, 3.05) is 36.1 Å². The highest BCUT2D eigenvalue weighted by atomic mass is 16.5. The van der Waals surface area contributed by atoms with Crippen LogP contribution >= 0.6 is 0 Å². The maximum absolute atomic E-state index is 12.6. The lowest BCUT2D eigenvalue weighted by molar-refractivity contribution is -0.122. The SMILES string of the molecule is O=C(OCC(=O)N1CCc2ccccc21)c1cccc(C(=O)OCC(=O)N2CCc3ccccc32)n1. The van der Waals surface area contributed by atoms with Crippen LogP contribution in [-0.4, -0.2) is 55.0 Å². The van der Waals surface area contributed by atoms with Gasteiger partial charge in [-0.25, -0.2) is 14.6 Å². The molecule has 182 valence electrons. The summed E-state index contributed by atoms with van der Waals surface area (Å²) >= 11 is 0. The Kier molecular flexibility index (Phi) is 6.44. The Hall–Kier alpha value is -4.53. The van der Waals surface area contributed by atoms with Gasteiger partial charge in [-0.2, -0.15) is 0 Å². The average molecular weight is 485 g/mol. The number of hydrogen-bond acceptors (Lipinski definition) is 7. The highest BCUT2D eigenvalue weighted by Gasteiger charge is 2.27. The maximum atomic E-state index is 12.6. The monoisotopic (exact) mass is 485 g/mol. The van der Waals surface area contributed by atoms with E-state index in [9.17, 15) is 19.2 Å². The fourth-order valence-corrected chi connectivity index (χ4v) is 4.41. The molecule has 0 aliphatic carbocycles. The van der Waals surface area contributed by atoms with Crippen LogP contribution in [0.4, 0.5) is 11.4 Å². The number of aromatic nitrogens is 1. The number of rotatable bonds is 6. The molecule has 0 saturated heterocycles. The molecule has 2 aromatic carbocycles. The van der Waals surface area contributed by atoms with E-state index in [0.717, 1.165) is 35.3 Å². The summed E-state index contributed by atoms with van der Waals surface area (Å²) in [5.41, 5.74) is 3.48. The Morgan fingerprint density at radius 1 is 0.639 bits per heavy atom. The Balaban J connectivity index is 1.15. The molecule has 0 N–H and O–H groups in total. The summed E-state index contributed by atoms with van der Waals surface area (Å²) in [5, 5.41) is 0. The molecule has 0 fully saturated rings. The van der Waals surface area contributed by atoms with Gasteiger partial charge in [0.25, 0.3) is 11.8 Å². The first-order chi connectivity index (χ1) is 17.5. The first-order valence-corrected chi connectivity index (χ1v) is 11.6. The number of carbonyl (C=O) groups excluding carboxylic acids is 4. The number of carbonyl (C=O) groups is 4. The highest BCUT2D eigenvalue weighted by molar-refractivity contribution is 5.99. The molecule has 2 aliphatic heterocycles. The van der Waals surface area contributed by atoms with Crippen molar-refractivity contribution in [1.29, 1.82) is 0 Å². The number of anilines is 2. The third-order valence-electron chi connectivity index (χ3n) is 6.20. The summed E-state index contributed by atoms with van der Waals surface area (Å²) in [6.07, 6.45) is 1.49. The average Bonchev–Trinajstić information content (AvgIpc) is 3.55. The summed E-state index contributed by atoms with van der Waals surface area (Å²) in [6.45, 7) is 0.152. The molecule has 9 heteroatoms. The zero-order chi connectivity index (χ0) is 25.1. The highest BCUT2D eigenvalue weighted by Crippen LogP contribution is 2.28. The number of ether oxygens (including phenoxy) is 2. The summed E-state index contributed by atoms with van der Waals surface area (Å²) < 4.78 is 10.3. The van der Waals surface area contributed by atoms with Gasteiger partial charge in [0.1, 0.15) is 11.4 Å². The molecule has 9 nitrogen and oxygen atoms in total. The fraction of sp³-hybridized carbons (Fsp3) is 0.222. The van der Waals surface area contributed by atoms with E-state index in [1.54, 1.807) is 9.80 Å². The molecule has 0 radical (unpaired) electrons. The van der Waals surface area contributed by atoms with Gasteiger partial charge >= 0.3 is 11.9 Å². The molecule has 1 aromatic heterocycles. The van der Waals surface area contributed by atoms with Crippen LogP contribution in [0, 0.1) is 0 Å². The van der Waals surface area contributed by atoms with Crippen LogP contribution < -0.4 is 9.80 Å². The van der Waals surface area contributed by atoms with Gasteiger partial charge in [0, 0.05) is 24.5 Å². The van der Waals surface area contributed by atoms with Gasteiger partial charge in [0.15, 0.2) is 13.2 Å². The summed E-state index contributed by atoms with van der Waals surface area (Å²) in [5.74, 6) is -2.36. The molecule has 0 atom stereocenters. The van der Waals surface area contributed by atoms with Crippen molar-refractivity contribution in [2.24, 2.45) is 0 Å². The zero-order valence-corrected chi connectivity index (χ0v) is 19.4. The van der Waals surface area contributed by atoms with Crippen LogP contribution in [0.3, 0.4) is 0 Å². The first-order valence-electron chi connectivity index (χ1n) is 11.6. The van der Waals surface area contributed by atoms with Gasteiger partial charge in [-0.3, -0.25) is 9.59 Å². The molecule has 36 heavy (non-hydrogen) atoms. The lowest BCUT2D eigenvalue weighted by Crippen LogP contribution is -2.33. The second-order valence-electron chi connectivity index (χ2n) is 8.41. The van der Waals surface area contributed by atoms with Crippen molar-refractivity contribution < 1.29 is 28.7 Å². The largest absolute Gasteiger partial charge is 0.451 e. The van der Waals surface area contributed by atoms with Crippen LogP contribution in [0.5, 0.6) is 0 Å². The van der Waals surface area contributed by atoms with E-state index in [1.165, 1.54) is 18.2 Å². The number of pyridine rings is 1. The molecule has 3 aromatic rings. The van der Waals surface area contributed by atoms with E-state index in [2.05, 4.69) is 4.98 Å². The topological polar surface area (TPSA) is 106 Å². The standard InChI is InChI=1S/C27H23N3O6/c31-24(29-14-12-18-6-1-3-10-22(18)29)16-35-26(33)20-8-5-9-21(28-20)27(34)36-17-25(32)30-15-13-19-7-2-4-11-23(19)30/h1-11H,12-17H2. The number of hydrogen-bond donors (Lipinski definition) is 0. The molecular formula is C27H23N3O6. The van der Waals surface area contributed by atoms with E-state index < -0.39 is 25.2 Å². The molecule has 2 amide bonds. The Morgan fingerprint density at radius 3 is 1.56 bits per heavy atom. The van der Waals surface area contributed by atoms with E-state index in [0.29, 0.717) is 13.1 Å². The summed E-state index contributed by atoms with van der Waals surface area (Å²) in [4.78, 5) is 57.3. The van der Waals surface area contributed by atoms with Gasteiger partial charge in [0.2, 0.25) is 0 Å². The zero-order valence-electron chi connectivity index (χ0n) is 19.4. The minimum atomic E-state index is -0.838. The predicted octanol–water partition coefficient (Wildman–Crippen LogP) is 2.57. The number of fused-ring (bicyclic) bond motifs is 2. The van der Waals surface area contributed by atoms with Crippen molar-refractivity contribution in [1.82, 2.24) is 4.98 Å². The van der Waals surface area contributed by atoms with E-state index >= 15 is 0 Å². The first kappa shape index (κ1) is 23.2. The predicted molar refractivity (Wildman–Crippen MR) is 130 cm³/mol. The molecule has 5 rings (SSSR count). The number of benzene rings is 2. The van der Waals surface area contributed by atoms with Crippen molar-refractivity contribution in [2.45, 2.75) is 12.8 Å². The fourth-order valence-electron chi connectivity index (χ4n) is 4.41. The third kappa shape index (κ3) is 4.68. The van der Waals surface area contributed by atoms with Crippen LogP contribution in [-0.2, 0) is 31.9 Å². The lowest BCUT2D eigenvalue weighted by atomic mass is 10.2. The van der Waals surface area contributed by atoms with Crippen LogP contribution in [0.25, 0.3) is 0 Å². The maximum Gasteiger partial charge on any atom is 0.357 e. The minimum absolute atomic E-state index is 0.140. The lowest BCUT2D eigenvalue weighted by Gasteiger charge is -2.17. The Morgan fingerprint density at radius 2 is 1.08 bits per heavy atom. The van der Waals surface area contributed by atoms with Gasteiger partial charge in [0.05, 0.1) is 0 Å². The van der Waals surface area contributed by atoms with Crippen LogP contribution in [0.1, 0.15) is 32.1 Å². The van der Waals surface area contributed by atoms with Gasteiger partial charge < -0.3 is 19.3 Å². The summed E-state index contributed by atoms with van der Waals surface area (Å²) in [6, 6.07) is 19.4. The number of amides is 2. The number of nitrogens with zero attached hydrogens (tertiary/aromatic N) is 3. The van der Waals surface area contributed by atoms with Crippen molar-refractivity contribution in [3.8, 4) is 0 Å². The van der Waals surface area contributed by atoms with E-state index in [1.807, 2.05) is 48.5 Å². The Labute approximate surface area is 207 Å². The molecule has 3 heterocycles. The summed E-state index contributed by atoms with van der Waals surface area (Å²) in [7, 11) is 0. The molecule has 0 bridgehead atoms. The molecule has 0 saturated carbocycles. The van der Waals surface area contributed by atoms with Crippen LogP contribution in [0.2, 0.25) is 0 Å². The number of esters is 2. The molecule has 0 spiro atoms. The van der Waals surface area contributed by atoms with Crippen molar-refractivity contribution >= 4 is 35.1 Å².